The van der Waals surface area contributed by atoms with E-state index < -0.39 is 6.04 Å². The van der Waals surface area contributed by atoms with Gasteiger partial charge in [-0.1, -0.05) is 18.5 Å². The highest BCUT2D eigenvalue weighted by molar-refractivity contribution is 6.30. The van der Waals surface area contributed by atoms with Gasteiger partial charge in [-0.05, 0) is 25.0 Å². The standard InChI is InChI=1S/C10H14ClN3O/c1-3-8(12)10(15)14-7-4-6(2)9(11)13-5-7/h4-5,8H,3,12H2,1-2H3,(H,14,15). The summed E-state index contributed by atoms with van der Waals surface area (Å²) in [6, 6.07) is 1.27. The van der Waals surface area contributed by atoms with Crippen molar-refractivity contribution in [3.05, 3.63) is 23.0 Å². The fourth-order valence-electron chi connectivity index (χ4n) is 1.05. The lowest BCUT2D eigenvalue weighted by molar-refractivity contribution is -0.117. The molecule has 3 N–H and O–H groups in total. The van der Waals surface area contributed by atoms with Gasteiger partial charge < -0.3 is 11.1 Å². The molecule has 0 radical (unpaired) electrons. The lowest BCUT2D eigenvalue weighted by atomic mass is 10.2. The normalized spacial score (nSPS) is 12.3. The Morgan fingerprint density at radius 2 is 2.40 bits per heavy atom. The SMILES string of the molecule is CCC(N)C(=O)Nc1cnc(Cl)c(C)c1. The fraction of sp³-hybridized carbons (Fsp3) is 0.400. The van der Waals surface area contributed by atoms with E-state index in [1.54, 1.807) is 6.07 Å². The maximum Gasteiger partial charge on any atom is 0.241 e. The molecule has 0 bridgehead atoms. The third kappa shape index (κ3) is 3.18. The first-order valence-electron chi connectivity index (χ1n) is 4.73. The summed E-state index contributed by atoms with van der Waals surface area (Å²) < 4.78 is 0. The van der Waals surface area contributed by atoms with Crippen LogP contribution in [-0.4, -0.2) is 16.9 Å². The molecule has 1 atom stereocenters. The number of carbonyl (C=O) groups excluding carboxylic acids is 1. The molecule has 5 heteroatoms. The van der Waals surface area contributed by atoms with E-state index in [4.69, 9.17) is 17.3 Å². The Balaban J connectivity index is 2.73. The van der Waals surface area contributed by atoms with Crippen molar-refractivity contribution in [3.8, 4) is 0 Å². The number of nitrogens with one attached hydrogen (secondary N) is 1. The number of pyridine rings is 1. The van der Waals surface area contributed by atoms with Crippen LogP contribution in [0.15, 0.2) is 12.3 Å². The summed E-state index contributed by atoms with van der Waals surface area (Å²) in [4.78, 5) is 15.4. The second-order valence-electron chi connectivity index (χ2n) is 3.34. The Morgan fingerprint density at radius 1 is 1.73 bits per heavy atom. The number of hydrogen-bond acceptors (Lipinski definition) is 3. The lowest BCUT2D eigenvalue weighted by Crippen LogP contribution is -2.34. The number of rotatable bonds is 3. The highest BCUT2D eigenvalue weighted by atomic mass is 35.5. The topological polar surface area (TPSA) is 68.0 Å². The van der Waals surface area contributed by atoms with Gasteiger partial charge >= 0.3 is 0 Å². The number of anilines is 1. The third-order valence-electron chi connectivity index (χ3n) is 2.06. The van der Waals surface area contributed by atoms with Gasteiger partial charge in [-0.2, -0.15) is 0 Å². The van der Waals surface area contributed by atoms with Crippen molar-refractivity contribution in [2.45, 2.75) is 26.3 Å². The maximum absolute atomic E-state index is 11.4. The summed E-state index contributed by atoms with van der Waals surface area (Å²) in [7, 11) is 0. The molecule has 0 fully saturated rings. The molecule has 4 nitrogen and oxygen atoms in total. The molecule has 0 aliphatic heterocycles. The first-order valence-corrected chi connectivity index (χ1v) is 5.11. The molecule has 15 heavy (non-hydrogen) atoms. The molecule has 0 saturated carbocycles. The van der Waals surface area contributed by atoms with E-state index in [2.05, 4.69) is 10.3 Å². The molecule has 82 valence electrons. The van der Waals surface area contributed by atoms with Crippen LogP contribution in [0.4, 0.5) is 5.69 Å². The summed E-state index contributed by atoms with van der Waals surface area (Å²) in [5.41, 5.74) is 7.01. The molecule has 1 rings (SSSR count). The summed E-state index contributed by atoms with van der Waals surface area (Å²) >= 11 is 5.76. The molecular formula is C10H14ClN3O. The minimum absolute atomic E-state index is 0.207. The minimum atomic E-state index is -0.485. The number of amides is 1. The average molecular weight is 228 g/mol. The van der Waals surface area contributed by atoms with E-state index in [0.29, 0.717) is 17.3 Å². The number of halogens is 1. The van der Waals surface area contributed by atoms with Crippen LogP contribution in [0.5, 0.6) is 0 Å². The van der Waals surface area contributed by atoms with Crippen molar-refractivity contribution in [2.24, 2.45) is 5.73 Å². The molecule has 0 aliphatic carbocycles. The fourth-order valence-corrected chi connectivity index (χ4v) is 1.15. The number of hydrogen-bond donors (Lipinski definition) is 2. The van der Waals surface area contributed by atoms with E-state index in [9.17, 15) is 4.79 Å². The van der Waals surface area contributed by atoms with Crippen LogP contribution in [0.3, 0.4) is 0 Å². The van der Waals surface area contributed by atoms with Gasteiger partial charge in [-0.3, -0.25) is 4.79 Å². The van der Waals surface area contributed by atoms with E-state index in [1.165, 1.54) is 6.20 Å². The Bertz CT molecular complexity index is 368. The molecule has 1 unspecified atom stereocenters. The van der Waals surface area contributed by atoms with Crippen LogP contribution in [0, 0.1) is 6.92 Å². The summed E-state index contributed by atoms with van der Waals surface area (Å²) in [5.74, 6) is -0.207. The zero-order valence-corrected chi connectivity index (χ0v) is 9.51. The van der Waals surface area contributed by atoms with Crippen LogP contribution < -0.4 is 11.1 Å². The molecule has 1 aromatic heterocycles. The zero-order chi connectivity index (χ0) is 11.4. The van der Waals surface area contributed by atoms with Gasteiger partial charge in [-0.25, -0.2) is 4.98 Å². The van der Waals surface area contributed by atoms with Gasteiger partial charge in [-0.15, -0.1) is 0 Å². The van der Waals surface area contributed by atoms with Crippen LogP contribution in [0.25, 0.3) is 0 Å². The van der Waals surface area contributed by atoms with E-state index in [0.717, 1.165) is 5.56 Å². The second kappa shape index (κ2) is 5.09. The van der Waals surface area contributed by atoms with Crippen molar-refractivity contribution in [2.75, 3.05) is 5.32 Å². The van der Waals surface area contributed by atoms with Crippen LogP contribution in [-0.2, 0) is 4.79 Å². The molecule has 0 saturated heterocycles. The highest BCUT2D eigenvalue weighted by Crippen LogP contribution is 2.16. The molecule has 0 aliphatic rings. The van der Waals surface area contributed by atoms with Gasteiger partial charge in [0.1, 0.15) is 5.15 Å². The predicted molar refractivity (Wildman–Crippen MR) is 60.9 cm³/mol. The van der Waals surface area contributed by atoms with Gasteiger partial charge in [0.2, 0.25) is 5.91 Å². The van der Waals surface area contributed by atoms with Gasteiger partial charge in [0.15, 0.2) is 0 Å². The van der Waals surface area contributed by atoms with Crippen molar-refractivity contribution >= 4 is 23.2 Å². The van der Waals surface area contributed by atoms with Crippen molar-refractivity contribution in [1.82, 2.24) is 4.98 Å². The van der Waals surface area contributed by atoms with E-state index >= 15 is 0 Å². The first-order chi connectivity index (χ1) is 7.04. The Morgan fingerprint density at radius 3 is 2.93 bits per heavy atom. The average Bonchev–Trinajstić information content (AvgIpc) is 2.22. The lowest BCUT2D eigenvalue weighted by Gasteiger charge is -2.10. The smallest absolute Gasteiger partial charge is 0.241 e. The number of aryl methyl sites for hydroxylation is 1. The molecule has 1 amide bonds. The summed E-state index contributed by atoms with van der Waals surface area (Å²) in [5, 5.41) is 3.11. The largest absolute Gasteiger partial charge is 0.323 e. The first kappa shape index (κ1) is 11.9. The number of nitrogens with two attached hydrogens (primary N) is 1. The minimum Gasteiger partial charge on any atom is -0.323 e. The molecular weight excluding hydrogens is 214 g/mol. The Hall–Kier alpha value is -1.13. The van der Waals surface area contributed by atoms with Gasteiger partial charge in [0.05, 0.1) is 17.9 Å². The third-order valence-corrected chi connectivity index (χ3v) is 2.45. The maximum atomic E-state index is 11.4. The van der Waals surface area contributed by atoms with Crippen LogP contribution >= 0.6 is 11.6 Å². The Kier molecular flexibility index (Phi) is 4.05. The summed E-state index contributed by atoms with van der Waals surface area (Å²) in [6.07, 6.45) is 2.11. The molecule has 0 aromatic carbocycles. The monoisotopic (exact) mass is 227 g/mol. The second-order valence-corrected chi connectivity index (χ2v) is 3.69. The van der Waals surface area contributed by atoms with Crippen LogP contribution in [0.1, 0.15) is 18.9 Å². The van der Waals surface area contributed by atoms with Crippen LogP contribution in [0.2, 0.25) is 5.15 Å². The Labute approximate surface area is 93.8 Å². The predicted octanol–water partition coefficient (Wildman–Crippen LogP) is 1.72. The quantitative estimate of drug-likeness (QED) is 0.773. The molecule has 0 spiro atoms. The van der Waals surface area contributed by atoms with Crippen molar-refractivity contribution in [1.29, 1.82) is 0 Å². The zero-order valence-electron chi connectivity index (χ0n) is 8.75. The van der Waals surface area contributed by atoms with Crippen molar-refractivity contribution in [3.63, 3.8) is 0 Å². The number of carbonyl (C=O) groups is 1. The van der Waals surface area contributed by atoms with E-state index in [-0.39, 0.29) is 5.91 Å². The number of aromatic nitrogens is 1. The summed E-state index contributed by atoms with van der Waals surface area (Å²) in [6.45, 7) is 3.68. The van der Waals surface area contributed by atoms with Gasteiger partial charge in [0.25, 0.3) is 0 Å². The molecule has 1 aromatic rings. The van der Waals surface area contributed by atoms with Gasteiger partial charge in [0, 0.05) is 0 Å². The van der Waals surface area contributed by atoms with E-state index in [1.807, 2.05) is 13.8 Å². The highest BCUT2D eigenvalue weighted by Gasteiger charge is 2.11. The molecule has 1 heterocycles. The van der Waals surface area contributed by atoms with Crippen molar-refractivity contribution < 1.29 is 4.79 Å². The number of nitrogens with zero attached hydrogens (tertiary/aromatic N) is 1.